The Morgan fingerprint density at radius 3 is 2.92 bits per heavy atom. The van der Waals surface area contributed by atoms with Gasteiger partial charge in [0.1, 0.15) is 17.2 Å². The van der Waals surface area contributed by atoms with Crippen LogP contribution in [-0.4, -0.2) is 41.0 Å². The number of halogens is 1. The number of carbonyl (C=O) groups is 1. The third-order valence-electron chi connectivity index (χ3n) is 5.38. The molecule has 26 heavy (non-hydrogen) atoms. The summed E-state index contributed by atoms with van der Waals surface area (Å²) < 4.78 is 11.3. The van der Waals surface area contributed by atoms with Crippen LogP contribution in [0.4, 0.5) is 0 Å². The standard InChI is InChI=1S/C19H18ClN3O3/c1-25-16-5-4-12(20)6-13(16)18(24)23-9-19(10-23)14-7-21-17(11-2-3-11)22-15(14)8-26-19/h4-7,11H,2-3,8-10H2,1H3. The maximum absolute atomic E-state index is 12.9. The van der Waals surface area contributed by atoms with Gasteiger partial charge >= 0.3 is 0 Å². The SMILES string of the molecule is COc1ccc(Cl)cc1C(=O)N1CC2(C1)OCc1nc(C3CC3)ncc12. The predicted octanol–water partition coefficient (Wildman–Crippen LogP) is 2.90. The summed E-state index contributed by atoms with van der Waals surface area (Å²) in [7, 11) is 1.54. The zero-order valence-electron chi connectivity index (χ0n) is 14.4. The van der Waals surface area contributed by atoms with Gasteiger partial charge in [0.25, 0.3) is 5.91 Å². The van der Waals surface area contributed by atoms with Crippen LogP contribution in [-0.2, 0) is 16.9 Å². The summed E-state index contributed by atoms with van der Waals surface area (Å²) in [6.07, 6.45) is 4.24. The molecular formula is C19H18ClN3O3. The maximum atomic E-state index is 12.9. The Morgan fingerprint density at radius 2 is 2.19 bits per heavy atom. The number of aromatic nitrogens is 2. The van der Waals surface area contributed by atoms with Gasteiger partial charge in [-0.2, -0.15) is 0 Å². The van der Waals surface area contributed by atoms with Crippen LogP contribution in [0.1, 0.15) is 46.2 Å². The fourth-order valence-electron chi connectivity index (χ4n) is 3.74. The Kier molecular flexibility index (Phi) is 3.49. The third-order valence-corrected chi connectivity index (χ3v) is 5.61. The summed E-state index contributed by atoms with van der Waals surface area (Å²) >= 11 is 6.05. The van der Waals surface area contributed by atoms with E-state index in [2.05, 4.69) is 9.97 Å². The highest BCUT2D eigenvalue weighted by atomic mass is 35.5. The van der Waals surface area contributed by atoms with Crippen molar-refractivity contribution in [3.63, 3.8) is 0 Å². The first-order valence-corrected chi connectivity index (χ1v) is 9.10. The second kappa shape index (κ2) is 5.66. The van der Waals surface area contributed by atoms with Crippen molar-refractivity contribution in [2.75, 3.05) is 20.2 Å². The predicted molar refractivity (Wildman–Crippen MR) is 94.4 cm³/mol. The summed E-state index contributed by atoms with van der Waals surface area (Å²) in [5, 5.41) is 0.507. The van der Waals surface area contributed by atoms with Crippen LogP contribution in [0.25, 0.3) is 0 Å². The number of fused-ring (bicyclic) bond motifs is 2. The van der Waals surface area contributed by atoms with E-state index in [1.165, 1.54) is 12.8 Å². The molecule has 3 heterocycles. The average Bonchev–Trinajstić information content (AvgIpc) is 3.40. The van der Waals surface area contributed by atoms with Crippen LogP contribution in [0.15, 0.2) is 24.4 Å². The number of ether oxygens (including phenoxy) is 2. The number of methoxy groups -OCH3 is 1. The van der Waals surface area contributed by atoms with Gasteiger partial charge in [-0.15, -0.1) is 0 Å². The molecule has 2 fully saturated rings. The van der Waals surface area contributed by atoms with Crippen molar-refractivity contribution >= 4 is 17.5 Å². The Balaban J connectivity index is 1.37. The Morgan fingerprint density at radius 1 is 1.38 bits per heavy atom. The Bertz CT molecular complexity index is 907. The lowest BCUT2D eigenvalue weighted by molar-refractivity contribution is -0.126. The van der Waals surface area contributed by atoms with Crippen molar-refractivity contribution in [3.8, 4) is 5.75 Å². The van der Waals surface area contributed by atoms with E-state index < -0.39 is 5.60 Å². The Labute approximate surface area is 156 Å². The van der Waals surface area contributed by atoms with E-state index in [1.54, 1.807) is 30.2 Å². The van der Waals surface area contributed by atoms with Crippen molar-refractivity contribution < 1.29 is 14.3 Å². The van der Waals surface area contributed by atoms with E-state index in [1.807, 2.05) is 6.20 Å². The monoisotopic (exact) mass is 371 g/mol. The number of hydrogen-bond donors (Lipinski definition) is 0. The summed E-state index contributed by atoms with van der Waals surface area (Å²) in [6, 6.07) is 5.06. The summed E-state index contributed by atoms with van der Waals surface area (Å²) in [6.45, 7) is 1.46. The average molecular weight is 372 g/mol. The minimum Gasteiger partial charge on any atom is -0.496 e. The molecule has 1 saturated heterocycles. The zero-order chi connectivity index (χ0) is 17.9. The first kappa shape index (κ1) is 16.0. The molecule has 7 heteroatoms. The van der Waals surface area contributed by atoms with Crippen molar-refractivity contribution in [1.29, 1.82) is 0 Å². The molecule has 2 aliphatic heterocycles. The topological polar surface area (TPSA) is 64.5 Å². The van der Waals surface area contributed by atoms with Crippen LogP contribution in [0, 0.1) is 0 Å². The smallest absolute Gasteiger partial charge is 0.257 e. The first-order valence-electron chi connectivity index (χ1n) is 8.73. The summed E-state index contributed by atoms with van der Waals surface area (Å²) in [5.41, 5.74) is 1.98. The van der Waals surface area contributed by atoms with E-state index in [4.69, 9.17) is 21.1 Å². The molecule has 5 rings (SSSR count). The fraction of sp³-hybridized carbons (Fsp3) is 0.421. The molecule has 0 bridgehead atoms. The van der Waals surface area contributed by atoms with Gasteiger partial charge in [0.15, 0.2) is 0 Å². The first-order chi connectivity index (χ1) is 12.6. The molecule has 1 amide bonds. The lowest BCUT2D eigenvalue weighted by Gasteiger charge is -2.47. The molecule has 1 aromatic heterocycles. The largest absolute Gasteiger partial charge is 0.496 e. The van der Waals surface area contributed by atoms with E-state index >= 15 is 0 Å². The molecule has 0 N–H and O–H groups in total. The van der Waals surface area contributed by atoms with Gasteiger partial charge in [0.05, 0.1) is 38.1 Å². The van der Waals surface area contributed by atoms with E-state index in [9.17, 15) is 4.79 Å². The van der Waals surface area contributed by atoms with Gasteiger partial charge in [0, 0.05) is 22.7 Å². The van der Waals surface area contributed by atoms with Gasteiger partial charge in [-0.05, 0) is 31.0 Å². The fourth-order valence-corrected chi connectivity index (χ4v) is 3.91. The molecule has 0 atom stereocenters. The molecule has 1 saturated carbocycles. The minimum atomic E-state index is -0.473. The quantitative estimate of drug-likeness (QED) is 0.830. The summed E-state index contributed by atoms with van der Waals surface area (Å²) in [5.74, 6) is 1.86. The zero-order valence-corrected chi connectivity index (χ0v) is 15.1. The van der Waals surface area contributed by atoms with Crippen LogP contribution in [0.5, 0.6) is 5.75 Å². The Hall–Kier alpha value is -2.18. The number of hydrogen-bond acceptors (Lipinski definition) is 5. The second-order valence-corrected chi connectivity index (χ2v) is 7.59. The normalized spacial score (nSPS) is 20.0. The number of carbonyl (C=O) groups excluding carboxylic acids is 1. The molecule has 134 valence electrons. The number of amides is 1. The van der Waals surface area contributed by atoms with Crippen LogP contribution in [0.2, 0.25) is 5.02 Å². The lowest BCUT2D eigenvalue weighted by atomic mass is 9.87. The highest BCUT2D eigenvalue weighted by Crippen LogP contribution is 2.45. The highest BCUT2D eigenvalue weighted by Gasteiger charge is 2.53. The van der Waals surface area contributed by atoms with Crippen molar-refractivity contribution in [2.45, 2.75) is 31.0 Å². The van der Waals surface area contributed by atoms with Crippen LogP contribution >= 0.6 is 11.6 Å². The van der Waals surface area contributed by atoms with Crippen molar-refractivity contribution in [3.05, 3.63) is 52.1 Å². The van der Waals surface area contributed by atoms with Crippen molar-refractivity contribution in [2.24, 2.45) is 0 Å². The summed E-state index contributed by atoms with van der Waals surface area (Å²) in [4.78, 5) is 23.8. The van der Waals surface area contributed by atoms with Gasteiger partial charge in [0.2, 0.25) is 0 Å². The van der Waals surface area contributed by atoms with E-state index in [0.717, 1.165) is 17.1 Å². The minimum absolute atomic E-state index is 0.109. The van der Waals surface area contributed by atoms with Crippen LogP contribution in [0.3, 0.4) is 0 Å². The van der Waals surface area contributed by atoms with Gasteiger partial charge in [-0.3, -0.25) is 4.79 Å². The number of rotatable bonds is 3. The molecule has 1 spiro atoms. The van der Waals surface area contributed by atoms with Crippen LogP contribution < -0.4 is 4.74 Å². The van der Waals surface area contributed by atoms with Gasteiger partial charge in [-0.1, -0.05) is 11.6 Å². The highest BCUT2D eigenvalue weighted by molar-refractivity contribution is 6.31. The van der Waals surface area contributed by atoms with E-state index in [0.29, 0.717) is 41.9 Å². The number of benzene rings is 1. The number of likely N-dealkylation sites (tertiary alicyclic amines) is 1. The molecule has 0 unspecified atom stereocenters. The molecule has 6 nitrogen and oxygen atoms in total. The van der Waals surface area contributed by atoms with Gasteiger partial charge < -0.3 is 14.4 Å². The molecule has 0 radical (unpaired) electrons. The van der Waals surface area contributed by atoms with Gasteiger partial charge in [-0.25, -0.2) is 9.97 Å². The lowest BCUT2D eigenvalue weighted by Crippen LogP contribution is -2.61. The number of nitrogens with zero attached hydrogens (tertiary/aromatic N) is 3. The second-order valence-electron chi connectivity index (χ2n) is 7.15. The molecule has 2 aromatic rings. The maximum Gasteiger partial charge on any atom is 0.257 e. The molecule has 3 aliphatic rings. The third kappa shape index (κ3) is 2.40. The molecular weight excluding hydrogens is 354 g/mol. The molecule has 1 aliphatic carbocycles. The molecule has 1 aromatic carbocycles. The van der Waals surface area contributed by atoms with Crippen molar-refractivity contribution in [1.82, 2.24) is 14.9 Å². The van der Waals surface area contributed by atoms with E-state index in [-0.39, 0.29) is 5.91 Å².